The number of esters is 1. The fourth-order valence-corrected chi connectivity index (χ4v) is 2.26. The maximum atomic E-state index is 11.8. The van der Waals surface area contributed by atoms with E-state index < -0.39 is 5.97 Å². The summed E-state index contributed by atoms with van der Waals surface area (Å²) in [6.07, 6.45) is 3.23. The summed E-state index contributed by atoms with van der Waals surface area (Å²) in [5.74, 6) is 0.689. The van der Waals surface area contributed by atoms with Crippen LogP contribution in [0.25, 0.3) is 0 Å². The fraction of sp³-hybridized carbons (Fsp3) is 0.500. The zero-order chi connectivity index (χ0) is 15.4. The summed E-state index contributed by atoms with van der Waals surface area (Å²) < 4.78 is 8.68. The van der Waals surface area contributed by atoms with E-state index in [1.807, 2.05) is 29.3 Å². The number of anilines is 1. The van der Waals surface area contributed by atoms with Crippen molar-refractivity contribution in [1.29, 1.82) is 0 Å². The first-order chi connectivity index (χ1) is 10.1. The van der Waals surface area contributed by atoms with Gasteiger partial charge in [-0.1, -0.05) is 6.92 Å². The third-order valence-electron chi connectivity index (χ3n) is 3.38. The molecule has 0 radical (unpaired) electrons. The molecule has 0 fully saturated rings. The highest BCUT2D eigenvalue weighted by Gasteiger charge is 2.20. The summed E-state index contributed by atoms with van der Waals surface area (Å²) in [5, 5.41) is 4.14. The molecular weight excluding hydrogens is 270 g/mol. The number of ether oxygens (including phenoxy) is 1. The molecular formula is C14H21N5O2. The van der Waals surface area contributed by atoms with Crippen LogP contribution in [0.15, 0.2) is 12.3 Å². The van der Waals surface area contributed by atoms with Crippen molar-refractivity contribution in [3.8, 4) is 0 Å². The number of aryl methyl sites for hydroxylation is 3. The lowest BCUT2D eigenvalue weighted by Gasteiger charge is -2.09. The summed E-state index contributed by atoms with van der Waals surface area (Å²) in [4.78, 5) is 16.2. The second-order valence-corrected chi connectivity index (χ2v) is 4.68. The van der Waals surface area contributed by atoms with Crippen LogP contribution in [-0.4, -0.2) is 31.9 Å². The highest BCUT2D eigenvalue weighted by Crippen LogP contribution is 2.17. The first-order valence-electron chi connectivity index (χ1n) is 7.07. The zero-order valence-corrected chi connectivity index (χ0v) is 12.7. The fourth-order valence-electron chi connectivity index (χ4n) is 2.26. The first kappa shape index (κ1) is 15.1. The van der Waals surface area contributed by atoms with Gasteiger partial charge in [0, 0.05) is 38.3 Å². The Morgan fingerprint density at radius 2 is 2.19 bits per heavy atom. The molecule has 0 aromatic carbocycles. The summed E-state index contributed by atoms with van der Waals surface area (Å²) in [7, 11) is 1.90. The molecule has 0 saturated carbocycles. The first-order valence-corrected chi connectivity index (χ1v) is 7.07. The summed E-state index contributed by atoms with van der Waals surface area (Å²) >= 11 is 0. The summed E-state index contributed by atoms with van der Waals surface area (Å²) in [6.45, 7) is 4.70. The molecule has 0 aliphatic rings. The minimum Gasteiger partial charge on any atom is -0.461 e. The van der Waals surface area contributed by atoms with Gasteiger partial charge in [-0.05, 0) is 13.0 Å². The van der Waals surface area contributed by atoms with Crippen molar-refractivity contribution in [3.05, 3.63) is 29.5 Å². The van der Waals surface area contributed by atoms with Gasteiger partial charge in [0.2, 0.25) is 0 Å². The zero-order valence-electron chi connectivity index (χ0n) is 12.7. The van der Waals surface area contributed by atoms with E-state index in [2.05, 4.69) is 10.1 Å². The molecule has 0 saturated heterocycles. The third-order valence-corrected chi connectivity index (χ3v) is 3.38. The van der Waals surface area contributed by atoms with Crippen molar-refractivity contribution in [1.82, 2.24) is 19.3 Å². The molecule has 21 heavy (non-hydrogen) atoms. The van der Waals surface area contributed by atoms with E-state index in [9.17, 15) is 4.79 Å². The van der Waals surface area contributed by atoms with Crippen LogP contribution >= 0.6 is 0 Å². The Labute approximate surface area is 123 Å². The van der Waals surface area contributed by atoms with E-state index >= 15 is 0 Å². The Morgan fingerprint density at radius 3 is 2.76 bits per heavy atom. The van der Waals surface area contributed by atoms with Gasteiger partial charge in [0.1, 0.15) is 11.6 Å². The van der Waals surface area contributed by atoms with Gasteiger partial charge in [-0.25, -0.2) is 9.78 Å². The van der Waals surface area contributed by atoms with E-state index in [1.54, 1.807) is 13.1 Å². The van der Waals surface area contributed by atoms with Crippen LogP contribution in [-0.2, 0) is 31.2 Å². The minimum atomic E-state index is -0.469. The van der Waals surface area contributed by atoms with E-state index in [1.165, 1.54) is 0 Å². The molecule has 2 N–H and O–H groups in total. The maximum Gasteiger partial charge on any atom is 0.360 e. The number of carbonyl (C=O) groups excluding carboxylic acids is 1. The SMILES string of the molecule is CCOC(=O)c1nc(CC)n(CCc2ccnn2C)c1N. The number of nitrogens with two attached hydrogens (primary N) is 1. The van der Waals surface area contributed by atoms with E-state index in [4.69, 9.17) is 10.5 Å². The number of carbonyl (C=O) groups is 1. The maximum absolute atomic E-state index is 11.8. The molecule has 2 rings (SSSR count). The number of hydrogen-bond acceptors (Lipinski definition) is 5. The molecule has 2 aromatic heterocycles. The molecule has 0 unspecified atom stereocenters. The number of nitrogens with zero attached hydrogens (tertiary/aromatic N) is 4. The highest BCUT2D eigenvalue weighted by molar-refractivity contribution is 5.92. The molecule has 0 amide bonds. The van der Waals surface area contributed by atoms with Crippen molar-refractivity contribution in [2.75, 3.05) is 12.3 Å². The van der Waals surface area contributed by atoms with Gasteiger partial charge >= 0.3 is 5.97 Å². The van der Waals surface area contributed by atoms with Crippen LogP contribution in [0, 0.1) is 0 Å². The van der Waals surface area contributed by atoms with Gasteiger partial charge in [-0.3, -0.25) is 4.68 Å². The van der Waals surface area contributed by atoms with Crippen molar-refractivity contribution in [3.63, 3.8) is 0 Å². The van der Waals surface area contributed by atoms with Crippen LogP contribution < -0.4 is 5.73 Å². The average Bonchev–Trinajstić information content (AvgIpc) is 3.00. The van der Waals surface area contributed by atoms with Crippen LogP contribution in [0.3, 0.4) is 0 Å². The molecule has 2 aromatic rings. The van der Waals surface area contributed by atoms with Crippen molar-refractivity contribution in [2.24, 2.45) is 7.05 Å². The minimum absolute atomic E-state index is 0.207. The van der Waals surface area contributed by atoms with Gasteiger partial charge < -0.3 is 15.0 Å². The highest BCUT2D eigenvalue weighted by atomic mass is 16.5. The monoisotopic (exact) mass is 291 g/mol. The van der Waals surface area contributed by atoms with Crippen LogP contribution in [0.1, 0.15) is 35.9 Å². The van der Waals surface area contributed by atoms with Crippen LogP contribution in [0.5, 0.6) is 0 Å². The number of hydrogen-bond donors (Lipinski definition) is 1. The van der Waals surface area contributed by atoms with Crippen LogP contribution in [0.2, 0.25) is 0 Å². The molecule has 0 aliphatic carbocycles. The molecule has 114 valence electrons. The largest absolute Gasteiger partial charge is 0.461 e. The molecule has 0 aliphatic heterocycles. The van der Waals surface area contributed by atoms with Crippen molar-refractivity contribution >= 4 is 11.8 Å². The average molecular weight is 291 g/mol. The van der Waals surface area contributed by atoms with Gasteiger partial charge in [0.15, 0.2) is 5.69 Å². The summed E-state index contributed by atoms with van der Waals surface area (Å²) in [6, 6.07) is 1.96. The number of rotatable bonds is 6. The Hall–Kier alpha value is -2.31. The Balaban J connectivity index is 2.22. The van der Waals surface area contributed by atoms with Crippen molar-refractivity contribution < 1.29 is 9.53 Å². The second-order valence-electron chi connectivity index (χ2n) is 4.68. The quantitative estimate of drug-likeness (QED) is 0.807. The van der Waals surface area contributed by atoms with E-state index in [-0.39, 0.29) is 5.69 Å². The number of imidazole rings is 1. The molecule has 0 atom stereocenters. The summed E-state index contributed by atoms with van der Waals surface area (Å²) in [5.41, 5.74) is 7.37. The van der Waals surface area contributed by atoms with Gasteiger partial charge in [0.05, 0.1) is 6.61 Å². The van der Waals surface area contributed by atoms with Crippen molar-refractivity contribution in [2.45, 2.75) is 33.2 Å². The van der Waals surface area contributed by atoms with Gasteiger partial charge in [-0.15, -0.1) is 0 Å². The van der Waals surface area contributed by atoms with Gasteiger partial charge in [0.25, 0.3) is 0 Å². The lowest BCUT2D eigenvalue weighted by molar-refractivity contribution is 0.0521. The smallest absolute Gasteiger partial charge is 0.360 e. The Bertz CT molecular complexity index is 629. The number of aromatic nitrogens is 4. The third kappa shape index (κ3) is 3.07. The van der Waals surface area contributed by atoms with E-state index in [0.29, 0.717) is 25.4 Å². The Morgan fingerprint density at radius 1 is 1.43 bits per heavy atom. The lowest BCUT2D eigenvalue weighted by Crippen LogP contribution is -2.12. The topological polar surface area (TPSA) is 88.0 Å². The molecule has 7 nitrogen and oxygen atoms in total. The number of nitrogen functional groups attached to an aromatic ring is 1. The van der Waals surface area contributed by atoms with E-state index in [0.717, 1.165) is 17.9 Å². The molecule has 0 bridgehead atoms. The normalized spacial score (nSPS) is 10.8. The predicted molar refractivity (Wildman–Crippen MR) is 78.9 cm³/mol. The molecule has 2 heterocycles. The molecule has 0 spiro atoms. The van der Waals surface area contributed by atoms with Crippen LogP contribution in [0.4, 0.5) is 5.82 Å². The lowest BCUT2D eigenvalue weighted by atomic mass is 10.3. The molecule has 7 heteroatoms. The van der Waals surface area contributed by atoms with Gasteiger partial charge in [-0.2, -0.15) is 5.10 Å². The Kier molecular flexibility index (Phi) is 4.62. The second kappa shape index (κ2) is 6.43. The standard InChI is InChI=1S/C14H21N5O2/c1-4-11-17-12(14(20)21-5-2)13(15)19(11)9-7-10-6-8-16-18(10)3/h6,8H,4-5,7,9,15H2,1-3H3. The predicted octanol–water partition coefficient (Wildman–Crippen LogP) is 1.18.